The Morgan fingerprint density at radius 1 is 1.10 bits per heavy atom. The first-order chi connectivity index (χ1) is 14.7. The van der Waals surface area contributed by atoms with Crippen LogP contribution in [-0.4, -0.2) is 45.1 Å². The Bertz CT molecular complexity index is 1040. The lowest BCUT2D eigenvalue weighted by Crippen LogP contribution is -2.45. The fourth-order valence-electron chi connectivity index (χ4n) is 4.68. The summed E-state index contributed by atoms with van der Waals surface area (Å²) >= 11 is 0. The quantitative estimate of drug-likeness (QED) is 0.669. The number of fused-ring (bicyclic) bond motifs is 1. The highest BCUT2D eigenvalue weighted by Gasteiger charge is 2.30. The fraction of sp³-hybridized carbons (Fsp3) is 0.500. The van der Waals surface area contributed by atoms with Crippen molar-refractivity contribution < 1.29 is 9.52 Å². The normalized spacial score (nSPS) is 24.4. The maximum absolute atomic E-state index is 12.4. The lowest BCUT2D eigenvalue weighted by atomic mass is 10.0. The average Bonchev–Trinajstić information content (AvgIpc) is 3.38. The number of para-hydroxylation sites is 2. The largest absolute Gasteiger partial charge is 0.424 e. The third-order valence-electron chi connectivity index (χ3n) is 6.27. The molecular formula is C22H27N5O3. The number of aliphatic hydroxyl groups excluding tert-OH is 1. The summed E-state index contributed by atoms with van der Waals surface area (Å²) in [5.74, 6) is 0.790. The molecule has 2 aliphatic rings. The molecule has 2 fully saturated rings. The summed E-state index contributed by atoms with van der Waals surface area (Å²) < 4.78 is 7.28. The summed E-state index contributed by atoms with van der Waals surface area (Å²) in [6, 6.07) is 11.6. The van der Waals surface area contributed by atoms with Gasteiger partial charge < -0.3 is 19.7 Å². The van der Waals surface area contributed by atoms with E-state index in [0.29, 0.717) is 12.6 Å². The number of aromatic nitrogens is 3. The lowest BCUT2D eigenvalue weighted by molar-refractivity contribution is 0.127. The van der Waals surface area contributed by atoms with Gasteiger partial charge in [-0.15, -0.1) is 0 Å². The van der Waals surface area contributed by atoms with Gasteiger partial charge in [0, 0.05) is 25.2 Å². The van der Waals surface area contributed by atoms with Crippen LogP contribution in [0.1, 0.15) is 44.6 Å². The minimum atomic E-state index is -0.497. The number of nitrogens with one attached hydrogen (secondary N) is 1. The molecule has 1 aromatic carbocycles. The van der Waals surface area contributed by atoms with Crippen molar-refractivity contribution in [1.82, 2.24) is 14.8 Å². The highest BCUT2D eigenvalue weighted by Crippen LogP contribution is 2.29. The van der Waals surface area contributed by atoms with E-state index in [-0.39, 0.29) is 17.6 Å². The van der Waals surface area contributed by atoms with Crippen LogP contribution >= 0.6 is 0 Å². The number of rotatable bonds is 5. The van der Waals surface area contributed by atoms with Gasteiger partial charge in [-0.05, 0) is 56.7 Å². The van der Waals surface area contributed by atoms with Gasteiger partial charge in [0.2, 0.25) is 0 Å². The summed E-state index contributed by atoms with van der Waals surface area (Å²) in [6.45, 7) is 1.57. The Labute approximate surface area is 174 Å². The van der Waals surface area contributed by atoms with Crippen molar-refractivity contribution in [3.05, 3.63) is 46.8 Å². The molecule has 1 aliphatic carbocycles. The molecule has 3 atom stereocenters. The fourth-order valence-corrected chi connectivity index (χ4v) is 4.68. The standard InChI is InChI=1S/C22H27N5O3/c28-18-9-5-8-17(18)27-21(29)12-11-20(25-27)26-13-4-3-6-15(26)14-23-22-24-16-7-1-2-10-19(16)30-22/h1-2,7,10-12,15,17-18,28H,3-6,8-9,13-14H2,(H,23,24). The van der Waals surface area contributed by atoms with Gasteiger partial charge in [-0.3, -0.25) is 4.79 Å². The number of piperidine rings is 1. The van der Waals surface area contributed by atoms with E-state index in [1.165, 1.54) is 4.68 Å². The van der Waals surface area contributed by atoms with Crippen molar-refractivity contribution in [1.29, 1.82) is 0 Å². The van der Waals surface area contributed by atoms with Crippen molar-refractivity contribution in [2.75, 3.05) is 23.3 Å². The predicted molar refractivity (Wildman–Crippen MR) is 115 cm³/mol. The number of benzene rings is 1. The second kappa shape index (κ2) is 8.10. The zero-order valence-electron chi connectivity index (χ0n) is 16.9. The predicted octanol–water partition coefficient (Wildman–Crippen LogP) is 2.94. The van der Waals surface area contributed by atoms with E-state index in [9.17, 15) is 9.90 Å². The van der Waals surface area contributed by atoms with Crippen molar-refractivity contribution in [3.63, 3.8) is 0 Å². The second-order valence-corrected chi connectivity index (χ2v) is 8.25. The molecule has 1 saturated heterocycles. The Kier molecular flexibility index (Phi) is 5.16. The molecule has 5 rings (SSSR count). The number of anilines is 2. The van der Waals surface area contributed by atoms with E-state index in [0.717, 1.165) is 62.0 Å². The highest BCUT2D eigenvalue weighted by atomic mass is 16.4. The maximum Gasteiger partial charge on any atom is 0.295 e. The van der Waals surface area contributed by atoms with Gasteiger partial charge in [0.1, 0.15) is 11.3 Å². The zero-order valence-corrected chi connectivity index (χ0v) is 16.9. The van der Waals surface area contributed by atoms with Crippen LogP contribution in [0.3, 0.4) is 0 Å². The van der Waals surface area contributed by atoms with Crippen molar-refractivity contribution in [3.8, 4) is 0 Å². The van der Waals surface area contributed by atoms with Gasteiger partial charge in [0.25, 0.3) is 11.6 Å². The number of oxazole rings is 1. The minimum Gasteiger partial charge on any atom is -0.424 e. The molecule has 3 unspecified atom stereocenters. The van der Waals surface area contributed by atoms with Crippen LogP contribution < -0.4 is 15.8 Å². The third kappa shape index (κ3) is 3.67. The van der Waals surface area contributed by atoms with E-state index < -0.39 is 6.10 Å². The van der Waals surface area contributed by atoms with Crippen LogP contribution in [0.2, 0.25) is 0 Å². The van der Waals surface area contributed by atoms with Crippen LogP contribution in [0.15, 0.2) is 45.6 Å². The third-order valence-corrected chi connectivity index (χ3v) is 6.27. The molecule has 0 radical (unpaired) electrons. The molecule has 2 N–H and O–H groups in total. The van der Waals surface area contributed by atoms with E-state index in [4.69, 9.17) is 4.42 Å². The number of hydrogen-bond donors (Lipinski definition) is 2. The number of hydrogen-bond acceptors (Lipinski definition) is 7. The first kappa shape index (κ1) is 19.1. The van der Waals surface area contributed by atoms with Crippen LogP contribution in [0.4, 0.5) is 11.8 Å². The molecule has 8 nitrogen and oxygen atoms in total. The van der Waals surface area contributed by atoms with Crippen molar-refractivity contribution in [2.45, 2.75) is 56.7 Å². The topological polar surface area (TPSA) is 96.4 Å². The average molecular weight is 409 g/mol. The van der Waals surface area contributed by atoms with E-state index in [1.54, 1.807) is 12.1 Å². The lowest BCUT2D eigenvalue weighted by Gasteiger charge is -2.37. The van der Waals surface area contributed by atoms with Gasteiger partial charge in [-0.25, -0.2) is 4.68 Å². The molecule has 30 heavy (non-hydrogen) atoms. The summed E-state index contributed by atoms with van der Waals surface area (Å²) in [4.78, 5) is 19.2. The van der Waals surface area contributed by atoms with Gasteiger partial charge in [0.15, 0.2) is 5.58 Å². The summed E-state index contributed by atoms with van der Waals surface area (Å²) in [7, 11) is 0. The summed E-state index contributed by atoms with van der Waals surface area (Å²) in [5.41, 5.74) is 1.46. The van der Waals surface area contributed by atoms with Crippen molar-refractivity contribution >= 4 is 22.9 Å². The van der Waals surface area contributed by atoms with Gasteiger partial charge in [0.05, 0.1) is 12.1 Å². The van der Waals surface area contributed by atoms with Crippen LogP contribution in [0, 0.1) is 0 Å². The monoisotopic (exact) mass is 409 g/mol. The Morgan fingerprint density at radius 3 is 2.83 bits per heavy atom. The maximum atomic E-state index is 12.4. The molecule has 0 amide bonds. The first-order valence-corrected chi connectivity index (χ1v) is 10.8. The smallest absolute Gasteiger partial charge is 0.295 e. The molecule has 3 heterocycles. The van der Waals surface area contributed by atoms with E-state index >= 15 is 0 Å². The summed E-state index contributed by atoms with van der Waals surface area (Å²) in [6.07, 6.45) is 5.21. The molecule has 158 valence electrons. The second-order valence-electron chi connectivity index (χ2n) is 8.25. The van der Waals surface area contributed by atoms with Crippen LogP contribution in [-0.2, 0) is 0 Å². The first-order valence-electron chi connectivity index (χ1n) is 10.8. The SMILES string of the molecule is O=c1ccc(N2CCCCC2CNc2nc3ccccc3o2)nn1C1CCCC1O. The van der Waals surface area contributed by atoms with Gasteiger partial charge in [-0.1, -0.05) is 12.1 Å². The molecule has 8 heteroatoms. The number of nitrogens with zero attached hydrogens (tertiary/aromatic N) is 4. The Hall–Kier alpha value is -2.87. The van der Waals surface area contributed by atoms with E-state index in [2.05, 4.69) is 20.3 Å². The zero-order chi connectivity index (χ0) is 20.5. The molecular weight excluding hydrogens is 382 g/mol. The van der Waals surface area contributed by atoms with Crippen molar-refractivity contribution in [2.24, 2.45) is 0 Å². The Balaban J connectivity index is 1.35. The van der Waals surface area contributed by atoms with E-state index in [1.807, 2.05) is 24.3 Å². The molecule has 1 aliphatic heterocycles. The van der Waals surface area contributed by atoms with Gasteiger partial charge >= 0.3 is 0 Å². The molecule has 0 bridgehead atoms. The molecule has 0 spiro atoms. The molecule has 3 aromatic rings. The highest BCUT2D eigenvalue weighted by molar-refractivity contribution is 5.74. The van der Waals surface area contributed by atoms with Gasteiger partial charge in [-0.2, -0.15) is 10.1 Å². The molecule has 2 aromatic heterocycles. The molecule has 1 saturated carbocycles. The Morgan fingerprint density at radius 2 is 2.00 bits per heavy atom. The minimum absolute atomic E-state index is 0.150. The van der Waals surface area contributed by atoms with Crippen LogP contribution in [0.25, 0.3) is 11.1 Å². The summed E-state index contributed by atoms with van der Waals surface area (Å²) in [5, 5.41) is 18.3. The van der Waals surface area contributed by atoms with Crippen LogP contribution in [0.5, 0.6) is 0 Å². The number of aliphatic hydroxyl groups is 1.